The third-order valence-corrected chi connectivity index (χ3v) is 3.81. The van der Waals surface area contributed by atoms with Crippen molar-refractivity contribution in [3.8, 4) is 11.5 Å². The second kappa shape index (κ2) is 5.78. The number of para-hydroxylation sites is 2. The monoisotopic (exact) mass is 283 g/mol. The fraction of sp³-hybridized carbons (Fsp3) is 0.333. The van der Waals surface area contributed by atoms with Gasteiger partial charge in [0.05, 0.1) is 12.7 Å². The molecule has 2 aromatic rings. The quantitative estimate of drug-likeness (QED) is 0.931. The highest BCUT2D eigenvalue weighted by Crippen LogP contribution is 2.42. The van der Waals surface area contributed by atoms with Crippen LogP contribution in [0, 0.1) is 0 Å². The smallest absolute Gasteiger partial charge is 0.124 e. The van der Waals surface area contributed by atoms with E-state index in [-0.39, 0.29) is 18.1 Å². The maximum absolute atomic E-state index is 6.53. The first kappa shape index (κ1) is 14.0. The molecule has 1 aliphatic heterocycles. The predicted molar refractivity (Wildman–Crippen MR) is 83.8 cm³/mol. The van der Waals surface area contributed by atoms with Crippen LogP contribution in [0.4, 0.5) is 0 Å². The van der Waals surface area contributed by atoms with Crippen molar-refractivity contribution in [1.29, 1.82) is 0 Å². The van der Waals surface area contributed by atoms with Crippen molar-refractivity contribution in [2.24, 2.45) is 5.73 Å². The Bertz CT molecular complexity index is 624. The Morgan fingerprint density at radius 3 is 2.62 bits per heavy atom. The first-order valence-corrected chi connectivity index (χ1v) is 7.39. The molecule has 0 aliphatic carbocycles. The van der Waals surface area contributed by atoms with Gasteiger partial charge in [0.25, 0.3) is 0 Å². The van der Waals surface area contributed by atoms with Crippen LogP contribution in [0.5, 0.6) is 11.5 Å². The fourth-order valence-corrected chi connectivity index (χ4v) is 2.82. The molecule has 0 aromatic heterocycles. The Morgan fingerprint density at radius 2 is 1.81 bits per heavy atom. The normalized spacial score (nSPS) is 18.2. The molecule has 2 atom stereocenters. The molecular formula is C18H21NO2. The third-order valence-electron chi connectivity index (χ3n) is 3.81. The Labute approximate surface area is 125 Å². The molecule has 0 saturated heterocycles. The van der Waals surface area contributed by atoms with E-state index in [0.29, 0.717) is 6.61 Å². The van der Waals surface area contributed by atoms with Gasteiger partial charge < -0.3 is 15.2 Å². The van der Waals surface area contributed by atoms with Crippen molar-refractivity contribution in [1.82, 2.24) is 0 Å². The van der Waals surface area contributed by atoms with Crippen LogP contribution < -0.4 is 15.2 Å². The zero-order valence-electron chi connectivity index (χ0n) is 12.5. The second-order valence-corrected chi connectivity index (χ2v) is 5.69. The topological polar surface area (TPSA) is 44.5 Å². The average molecular weight is 283 g/mol. The van der Waals surface area contributed by atoms with Crippen LogP contribution in [0.15, 0.2) is 48.5 Å². The Hall–Kier alpha value is -2.00. The van der Waals surface area contributed by atoms with E-state index in [0.717, 1.165) is 17.1 Å². The van der Waals surface area contributed by atoms with E-state index in [4.69, 9.17) is 15.2 Å². The standard InChI is InChI=1S/C18H21NO2/c1-12(2)21-17-10-6-4-8-14(17)18(19)15-11-20-16-9-5-3-7-13(15)16/h3-10,12,15,18H,11,19H2,1-2H3. The summed E-state index contributed by atoms with van der Waals surface area (Å²) in [6.45, 7) is 4.67. The summed E-state index contributed by atoms with van der Waals surface area (Å²) in [5, 5.41) is 0. The number of hydrogen-bond acceptors (Lipinski definition) is 3. The molecule has 3 rings (SSSR count). The van der Waals surface area contributed by atoms with Gasteiger partial charge in [0.1, 0.15) is 11.5 Å². The van der Waals surface area contributed by atoms with E-state index in [1.165, 1.54) is 5.56 Å². The summed E-state index contributed by atoms with van der Waals surface area (Å²) < 4.78 is 11.6. The van der Waals surface area contributed by atoms with Gasteiger partial charge in [-0.2, -0.15) is 0 Å². The van der Waals surface area contributed by atoms with Crippen LogP contribution in [0.3, 0.4) is 0 Å². The maximum atomic E-state index is 6.53. The molecule has 0 fully saturated rings. The summed E-state index contributed by atoms with van der Waals surface area (Å²) >= 11 is 0. The van der Waals surface area contributed by atoms with Crippen LogP contribution >= 0.6 is 0 Å². The summed E-state index contributed by atoms with van der Waals surface area (Å²) in [5.74, 6) is 1.97. The van der Waals surface area contributed by atoms with Crippen LogP contribution in [0.25, 0.3) is 0 Å². The molecule has 2 N–H and O–H groups in total. The van der Waals surface area contributed by atoms with Crippen LogP contribution in [0.2, 0.25) is 0 Å². The number of benzene rings is 2. The van der Waals surface area contributed by atoms with Crippen molar-refractivity contribution >= 4 is 0 Å². The number of fused-ring (bicyclic) bond motifs is 1. The molecule has 1 heterocycles. The summed E-state index contributed by atoms with van der Waals surface area (Å²) in [6.07, 6.45) is 0.130. The maximum Gasteiger partial charge on any atom is 0.124 e. The molecule has 1 aliphatic rings. The Kier molecular flexibility index (Phi) is 3.84. The molecule has 2 aromatic carbocycles. The number of rotatable bonds is 4. The third kappa shape index (κ3) is 2.74. The second-order valence-electron chi connectivity index (χ2n) is 5.69. The van der Waals surface area contributed by atoms with Crippen molar-refractivity contribution in [2.45, 2.75) is 31.9 Å². The zero-order chi connectivity index (χ0) is 14.8. The summed E-state index contributed by atoms with van der Waals surface area (Å²) in [7, 11) is 0. The SMILES string of the molecule is CC(C)Oc1ccccc1C(N)C1COc2ccccc21. The molecule has 0 radical (unpaired) electrons. The highest BCUT2D eigenvalue weighted by molar-refractivity contribution is 5.44. The van der Waals surface area contributed by atoms with Gasteiger partial charge in [0, 0.05) is 23.1 Å². The van der Waals surface area contributed by atoms with Crippen LogP contribution in [0.1, 0.15) is 36.9 Å². The molecule has 0 spiro atoms. The summed E-state index contributed by atoms with van der Waals surface area (Å²) in [4.78, 5) is 0. The van der Waals surface area contributed by atoms with E-state index in [2.05, 4.69) is 6.07 Å². The van der Waals surface area contributed by atoms with Gasteiger partial charge in [-0.25, -0.2) is 0 Å². The predicted octanol–water partition coefficient (Wildman–Crippen LogP) is 3.65. The molecule has 0 saturated carbocycles. The van der Waals surface area contributed by atoms with E-state index < -0.39 is 0 Å². The lowest BCUT2D eigenvalue weighted by atomic mass is 9.89. The minimum Gasteiger partial charge on any atom is -0.493 e. The fourth-order valence-electron chi connectivity index (χ4n) is 2.82. The highest BCUT2D eigenvalue weighted by Gasteiger charge is 2.31. The number of ether oxygens (including phenoxy) is 2. The highest BCUT2D eigenvalue weighted by atomic mass is 16.5. The van der Waals surface area contributed by atoms with E-state index in [9.17, 15) is 0 Å². The van der Waals surface area contributed by atoms with E-state index in [1.54, 1.807) is 0 Å². The molecule has 3 nitrogen and oxygen atoms in total. The van der Waals surface area contributed by atoms with Crippen LogP contribution in [-0.2, 0) is 0 Å². The van der Waals surface area contributed by atoms with Gasteiger partial charge in [-0.3, -0.25) is 0 Å². The molecular weight excluding hydrogens is 262 g/mol. The number of nitrogens with two attached hydrogens (primary N) is 1. The van der Waals surface area contributed by atoms with Crippen molar-refractivity contribution in [3.05, 3.63) is 59.7 Å². The largest absolute Gasteiger partial charge is 0.493 e. The minimum atomic E-state index is -0.136. The van der Waals surface area contributed by atoms with Crippen LogP contribution in [-0.4, -0.2) is 12.7 Å². The zero-order valence-corrected chi connectivity index (χ0v) is 12.5. The van der Waals surface area contributed by atoms with Gasteiger partial charge in [-0.15, -0.1) is 0 Å². The molecule has 21 heavy (non-hydrogen) atoms. The van der Waals surface area contributed by atoms with E-state index >= 15 is 0 Å². The molecule has 2 unspecified atom stereocenters. The molecule has 0 bridgehead atoms. The summed E-state index contributed by atoms with van der Waals surface area (Å²) in [5.41, 5.74) is 8.75. The average Bonchev–Trinajstić information content (AvgIpc) is 2.90. The lowest BCUT2D eigenvalue weighted by Gasteiger charge is -2.22. The van der Waals surface area contributed by atoms with Gasteiger partial charge in [0.2, 0.25) is 0 Å². The van der Waals surface area contributed by atoms with Crippen molar-refractivity contribution in [3.63, 3.8) is 0 Å². The summed E-state index contributed by atoms with van der Waals surface area (Å²) in [6, 6.07) is 16.0. The van der Waals surface area contributed by atoms with Gasteiger partial charge in [-0.05, 0) is 26.0 Å². The Balaban J connectivity index is 1.91. The van der Waals surface area contributed by atoms with Crippen molar-refractivity contribution in [2.75, 3.05) is 6.61 Å². The molecule has 110 valence electrons. The molecule has 3 heteroatoms. The lowest BCUT2D eigenvalue weighted by Crippen LogP contribution is -2.22. The lowest BCUT2D eigenvalue weighted by molar-refractivity contribution is 0.236. The first-order valence-electron chi connectivity index (χ1n) is 7.39. The van der Waals surface area contributed by atoms with Gasteiger partial charge in [0.15, 0.2) is 0 Å². The van der Waals surface area contributed by atoms with E-state index in [1.807, 2.05) is 56.3 Å². The van der Waals surface area contributed by atoms with Gasteiger partial charge in [-0.1, -0.05) is 36.4 Å². The molecule has 0 amide bonds. The Morgan fingerprint density at radius 1 is 1.10 bits per heavy atom. The minimum absolute atomic E-state index is 0.130. The first-order chi connectivity index (χ1) is 10.2. The van der Waals surface area contributed by atoms with Gasteiger partial charge >= 0.3 is 0 Å². The van der Waals surface area contributed by atoms with Crippen molar-refractivity contribution < 1.29 is 9.47 Å². The number of hydrogen-bond donors (Lipinski definition) is 1.